The molecule has 7 heteroatoms. The molecule has 0 radical (unpaired) electrons. The summed E-state index contributed by atoms with van der Waals surface area (Å²) in [6, 6.07) is -0.558. The van der Waals surface area contributed by atoms with E-state index < -0.39 is 33.2 Å². The number of carbonyl (C=O) groups is 2. The van der Waals surface area contributed by atoms with E-state index in [9.17, 15) is 18.0 Å². The third kappa shape index (κ3) is 3.85. The number of carboxylic acid groups (broad SMARTS) is 1. The molecule has 17 heavy (non-hydrogen) atoms. The molecule has 6 nitrogen and oxygen atoms in total. The smallest absolute Gasteiger partial charge is 0.309 e. The van der Waals surface area contributed by atoms with Gasteiger partial charge in [-0.05, 0) is 19.9 Å². The predicted octanol–water partition coefficient (Wildman–Crippen LogP) is -0.0858. The summed E-state index contributed by atoms with van der Waals surface area (Å²) in [6.45, 7) is 2.88. The topological polar surface area (TPSA) is 101 Å². The molecule has 0 aromatic rings. The van der Waals surface area contributed by atoms with E-state index in [4.69, 9.17) is 5.11 Å². The van der Waals surface area contributed by atoms with Gasteiger partial charge in [-0.3, -0.25) is 9.59 Å². The molecule has 0 aliphatic carbocycles. The van der Waals surface area contributed by atoms with Crippen LogP contribution < -0.4 is 5.32 Å². The number of carbonyl (C=O) groups excluding carboxylic acids is 1. The van der Waals surface area contributed by atoms with E-state index in [1.54, 1.807) is 0 Å². The van der Waals surface area contributed by atoms with Crippen LogP contribution in [0.5, 0.6) is 0 Å². The Bertz CT molecular complexity index is 463. The minimum atomic E-state index is -3.21. The van der Waals surface area contributed by atoms with Crippen molar-refractivity contribution in [2.75, 3.05) is 5.75 Å². The van der Waals surface area contributed by atoms with Crippen LogP contribution in [0.3, 0.4) is 0 Å². The number of nitrogens with one attached hydrogen (secondary N) is 1. The van der Waals surface area contributed by atoms with Crippen LogP contribution in [0.4, 0.5) is 0 Å². The van der Waals surface area contributed by atoms with Gasteiger partial charge in [0.2, 0.25) is 5.91 Å². The average molecular weight is 261 g/mol. The van der Waals surface area contributed by atoms with E-state index in [1.165, 1.54) is 19.9 Å². The first kappa shape index (κ1) is 13.7. The molecule has 1 heterocycles. The van der Waals surface area contributed by atoms with Crippen molar-refractivity contribution in [3.63, 3.8) is 0 Å². The van der Waals surface area contributed by atoms with Crippen molar-refractivity contribution in [2.45, 2.75) is 26.3 Å². The SMILES string of the molecule is CC(C)(CC(=O)NC1C=CS(=O)(=O)C1)C(=O)O. The first-order valence-corrected chi connectivity index (χ1v) is 6.78. The molecule has 1 aliphatic rings. The Kier molecular flexibility index (Phi) is 3.61. The molecular formula is C10H15NO5S. The lowest BCUT2D eigenvalue weighted by Gasteiger charge is -2.19. The predicted molar refractivity (Wildman–Crippen MR) is 60.9 cm³/mol. The molecule has 1 atom stereocenters. The van der Waals surface area contributed by atoms with Gasteiger partial charge in [0.25, 0.3) is 0 Å². The van der Waals surface area contributed by atoms with Gasteiger partial charge < -0.3 is 10.4 Å². The summed E-state index contributed by atoms with van der Waals surface area (Å²) in [6.07, 6.45) is 1.20. The normalized spacial score (nSPS) is 22.4. The van der Waals surface area contributed by atoms with Crippen LogP contribution in [0.15, 0.2) is 11.5 Å². The highest BCUT2D eigenvalue weighted by Gasteiger charge is 2.31. The fourth-order valence-electron chi connectivity index (χ4n) is 1.40. The van der Waals surface area contributed by atoms with Crippen molar-refractivity contribution in [3.8, 4) is 0 Å². The molecule has 0 aromatic carbocycles. The van der Waals surface area contributed by atoms with E-state index in [0.29, 0.717) is 0 Å². The Morgan fingerprint density at radius 2 is 2.06 bits per heavy atom. The Hall–Kier alpha value is -1.37. The maximum absolute atomic E-state index is 11.5. The van der Waals surface area contributed by atoms with Gasteiger partial charge >= 0.3 is 5.97 Å². The monoisotopic (exact) mass is 261 g/mol. The van der Waals surface area contributed by atoms with Crippen molar-refractivity contribution < 1.29 is 23.1 Å². The minimum Gasteiger partial charge on any atom is -0.481 e. The summed E-state index contributed by atoms with van der Waals surface area (Å²) in [7, 11) is -3.21. The maximum Gasteiger partial charge on any atom is 0.309 e. The average Bonchev–Trinajstić information content (AvgIpc) is 2.43. The van der Waals surface area contributed by atoms with Crippen molar-refractivity contribution in [3.05, 3.63) is 11.5 Å². The summed E-state index contributed by atoms with van der Waals surface area (Å²) in [5.74, 6) is -1.70. The van der Waals surface area contributed by atoms with E-state index >= 15 is 0 Å². The second kappa shape index (κ2) is 4.48. The van der Waals surface area contributed by atoms with Crippen LogP contribution >= 0.6 is 0 Å². The number of hydrogen-bond donors (Lipinski definition) is 2. The summed E-state index contributed by atoms with van der Waals surface area (Å²) in [4.78, 5) is 22.3. The summed E-state index contributed by atoms with van der Waals surface area (Å²) in [5.41, 5.74) is -1.16. The fraction of sp³-hybridized carbons (Fsp3) is 0.600. The molecule has 96 valence electrons. The molecule has 1 amide bonds. The van der Waals surface area contributed by atoms with Gasteiger partial charge in [0, 0.05) is 11.8 Å². The number of hydrogen-bond acceptors (Lipinski definition) is 4. The Labute approximate surface area is 99.6 Å². The standard InChI is InChI=1S/C10H15NO5S/c1-10(2,9(13)14)5-8(12)11-7-3-4-17(15,16)6-7/h3-4,7H,5-6H2,1-2H3,(H,11,12)(H,13,14). The van der Waals surface area contributed by atoms with Gasteiger partial charge in [0.15, 0.2) is 9.84 Å². The molecule has 0 saturated heterocycles. The van der Waals surface area contributed by atoms with Crippen molar-refractivity contribution in [1.29, 1.82) is 0 Å². The molecule has 0 fully saturated rings. The highest BCUT2D eigenvalue weighted by molar-refractivity contribution is 7.94. The van der Waals surface area contributed by atoms with Gasteiger partial charge in [-0.15, -0.1) is 0 Å². The first-order chi connectivity index (χ1) is 7.62. The molecule has 0 aromatic heterocycles. The summed E-state index contributed by atoms with van der Waals surface area (Å²) in [5, 5.41) is 12.4. The number of amides is 1. The molecule has 1 rings (SSSR count). The highest BCUT2D eigenvalue weighted by Crippen LogP contribution is 2.20. The Morgan fingerprint density at radius 3 is 2.47 bits per heavy atom. The number of carboxylic acids is 1. The summed E-state index contributed by atoms with van der Waals surface area (Å²) < 4.78 is 22.2. The molecule has 2 N–H and O–H groups in total. The third-order valence-corrected chi connectivity index (χ3v) is 3.85. The van der Waals surface area contributed by atoms with Crippen LogP contribution in [0.25, 0.3) is 0 Å². The molecule has 0 bridgehead atoms. The largest absolute Gasteiger partial charge is 0.481 e. The van der Waals surface area contributed by atoms with Gasteiger partial charge in [-0.2, -0.15) is 0 Å². The van der Waals surface area contributed by atoms with Crippen LogP contribution in [0.1, 0.15) is 20.3 Å². The number of aliphatic carboxylic acids is 1. The maximum atomic E-state index is 11.5. The van der Waals surface area contributed by atoms with E-state index in [0.717, 1.165) is 5.41 Å². The molecule has 0 saturated carbocycles. The zero-order chi connectivity index (χ0) is 13.3. The lowest BCUT2D eigenvalue weighted by Crippen LogP contribution is -2.39. The second-order valence-electron chi connectivity index (χ2n) is 4.70. The first-order valence-electron chi connectivity index (χ1n) is 5.06. The van der Waals surface area contributed by atoms with Crippen LogP contribution in [-0.2, 0) is 19.4 Å². The van der Waals surface area contributed by atoms with Gasteiger partial charge in [-0.1, -0.05) is 0 Å². The van der Waals surface area contributed by atoms with E-state index in [-0.39, 0.29) is 12.2 Å². The van der Waals surface area contributed by atoms with Crippen molar-refractivity contribution in [1.82, 2.24) is 5.32 Å². The zero-order valence-corrected chi connectivity index (χ0v) is 10.5. The van der Waals surface area contributed by atoms with Crippen molar-refractivity contribution in [2.24, 2.45) is 5.41 Å². The van der Waals surface area contributed by atoms with Crippen molar-refractivity contribution >= 4 is 21.7 Å². The summed E-state index contributed by atoms with van der Waals surface area (Å²) >= 11 is 0. The van der Waals surface area contributed by atoms with Gasteiger partial charge in [0.05, 0.1) is 17.2 Å². The molecule has 1 unspecified atom stereocenters. The highest BCUT2D eigenvalue weighted by atomic mass is 32.2. The van der Waals surface area contributed by atoms with Gasteiger partial charge in [-0.25, -0.2) is 8.42 Å². The quantitative estimate of drug-likeness (QED) is 0.737. The lowest BCUT2D eigenvalue weighted by atomic mass is 9.89. The third-order valence-electron chi connectivity index (χ3n) is 2.46. The Balaban J connectivity index is 2.53. The van der Waals surface area contributed by atoms with Crippen LogP contribution in [-0.4, -0.2) is 37.2 Å². The van der Waals surface area contributed by atoms with E-state index in [1.807, 2.05) is 0 Å². The number of sulfone groups is 1. The minimum absolute atomic E-state index is 0.160. The van der Waals surface area contributed by atoms with Crippen LogP contribution in [0.2, 0.25) is 0 Å². The molecule has 0 spiro atoms. The molecule has 1 aliphatic heterocycles. The van der Waals surface area contributed by atoms with Crippen LogP contribution in [0, 0.1) is 5.41 Å². The number of rotatable bonds is 4. The second-order valence-corrected chi connectivity index (χ2v) is 6.63. The lowest BCUT2D eigenvalue weighted by molar-refractivity contribution is -0.149. The van der Waals surface area contributed by atoms with Gasteiger partial charge in [0.1, 0.15) is 0 Å². The van der Waals surface area contributed by atoms with E-state index in [2.05, 4.69) is 5.32 Å². The zero-order valence-electron chi connectivity index (χ0n) is 9.63. The Morgan fingerprint density at radius 1 is 1.47 bits per heavy atom. The molecular weight excluding hydrogens is 246 g/mol. The fourth-order valence-corrected chi connectivity index (χ4v) is 2.64.